The average molecular weight is 543 g/mol. The van der Waals surface area contributed by atoms with Gasteiger partial charge >= 0.3 is 0 Å². The molecule has 0 amide bonds. The molecule has 0 bridgehead atoms. The van der Waals surface area contributed by atoms with Crippen LogP contribution in [0.25, 0.3) is 33.4 Å². The van der Waals surface area contributed by atoms with Crippen LogP contribution in [0.5, 0.6) is 46.0 Å². The molecule has 0 atom stereocenters. The Labute approximate surface area is 231 Å². The van der Waals surface area contributed by atoms with E-state index in [0.717, 1.165) is 44.5 Å². The van der Waals surface area contributed by atoms with E-state index in [9.17, 15) is 20.4 Å². The topological polar surface area (TPSA) is 118 Å². The molecule has 4 aromatic rings. The van der Waals surface area contributed by atoms with E-state index in [1.807, 2.05) is 0 Å². The van der Waals surface area contributed by atoms with E-state index in [0.29, 0.717) is 59.8 Å². The van der Waals surface area contributed by atoms with Crippen molar-refractivity contribution >= 4 is 0 Å². The van der Waals surface area contributed by atoms with E-state index in [1.54, 1.807) is 50.6 Å². The van der Waals surface area contributed by atoms with Crippen molar-refractivity contribution in [2.45, 2.75) is 25.7 Å². The lowest BCUT2D eigenvalue weighted by Crippen LogP contribution is -2.11. The van der Waals surface area contributed by atoms with Crippen molar-refractivity contribution in [3.05, 3.63) is 58.7 Å². The van der Waals surface area contributed by atoms with Crippen molar-refractivity contribution in [1.29, 1.82) is 0 Å². The van der Waals surface area contributed by atoms with Gasteiger partial charge in [-0.15, -0.1) is 0 Å². The number of ether oxygens (including phenoxy) is 4. The van der Waals surface area contributed by atoms with Gasteiger partial charge < -0.3 is 39.4 Å². The summed E-state index contributed by atoms with van der Waals surface area (Å²) in [6.07, 6.45) is 2.40. The molecule has 0 saturated carbocycles. The summed E-state index contributed by atoms with van der Waals surface area (Å²) in [5, 5.41) is 43.3. The smallest absolute Gasteiger partial charge is 0.161 e. The summed E-state index contributed by atoms with van der Waals surface area (Å²) in [6.45, 7) is 0. The molecule has 4 N–H and O–H groups in total. The lowest BCUT2D eigenvalue weighted by atomic mass is 9.76. The molecule has 4 aromatic carbocycles. The van der Waals surface area contributed by atoms with Crippen molar-refractivity contribution in [3.8, 4) is 79.4 Å². The number of benzene rings is 4. The van der Waals surface area contributed by atoms with Gasteiger partial charge in [0.15, 0.2) is 23.0 Å². The number of aryl methyl sites for hydroxylation is 2. The Morgan fingerprint density at radius 1 is 0.425 bits per heavy atom. The van der Waals surface area contributed by atoms with Crippen LogP contribution in [0.2, 0.25) is 0 Å². The van der Waals surface area contributed by atoms with Crippen molar-refractivity contribution < 1.29 is 39.4 Å². The van der Waals surface area contributed by atoms with E-state index in [1.165, 1.54) is 14.2 Å². The zero-order valence-electron chi connectivity index (χ0n) is 22.7. The fourth-order valence-electron chi connectivity index (χ4n) is 6.31. The predicted molar refractivity (Wildman–Crippen MR) is 150 cm³/mol. The van der Waals surface area contributed by atoms with Crippen molar-refractivity contribution in [1.82, 2.24) is 0 Å². The molecule has 0 aliphatic heterocycles. The van der Waals surface area contributed by atoms with Gasteiger partial charge in [0, 0.05) is 34.4 Å². The summed E-state index contributed by atoms with van der Waals surface area (Å²) in [5.74, 6) is 1.80. The molecule has 0 aromatic heterocycles. The lowest BCUT2D eigenvalue weighted by Gasteiger charge is -2.30. The van der Waals surface area contributed by atoms with Gasteiger partial charge in [0.25, 0.3) is 0 Å². The number of hydrogen-bond acceptors (Lipinski definition) is 8. The summed E-state index contributed by atoms with van der Waals surface area (Å²) in [4.78, 5) is 0. The molecule has 6 rings (SSSR count). The number of aromatic hydroxyl groups is 4. The summed E-state index contributed by atoms with van der Waals surface area (Å²) in [7, 11) is 6.10. The maximum absolute atomic E-state index is 11.3. The first-order valence-electron chi connectivity index (χ1n) is 13.0. The second-order valence-electron chi connectivity index (χ2n) is 10.0. The Bertz CT molecular complexity index is 1560. The fourth-order valence-corrected chi connectivity index (χ4v) is 6.31. The van der Waals surface area contributed by atoms with Crippen LogP contribution in [0.15, 0.2) is 36.4 Å². The van der Waals surface area contributed by atoms with Crippen molar-refractivity contribution in [3.63, 3.8) is 0 Å². The summed E-state index contributed by atoms with van der Waals surface area (Å²) in [6, 6.07) is 10.1. The van der Waals surface area contributed by atoms with Gasteiger partial charge in [-0.3, -0.25) is 0 Å². The second kappa shape index (κ2) is 9.48. The number of phenols is 4. The third-order valence-electron chi connectivity index (χ3n) is 8.07. The van der Waals surface area contributed by atoms with E-state index < -0.39 is 0 Å². The maximum Gasteiger partial charge on any atom is 0.161 e. The van der Waals surface area contributed by atoms with Crippen LogP contribution < -0.4 is 18.9 Å². The number of methoxy groups -OCH3 is 4. The van der Waals surface area contributed by atoms with Gasteiger partial charge in [0.05, 0.1) is 28.4 Å². The summed E-state index contributed by atoms with van der Waals surface area (Å²) < 4.78 is 22.4. The standard InChI is InChI=1S/C32H30O8/c1-37-25-11-19-15(9-21(25)33)5-7-17-29(19)23(35)13-27(39-3)31(17)32-18-8-6-16-10-22(34)26(38-2)12-20(16)30(18)24(36)14-28(32)40-4/h9-14,33-36H,5-8H2,1-4H3. The minimum Gasteiger partial charge on any atom is -0.507 e. The summed E-state index contributed by atoms with van der Waals surface area (Å²) >= 11 is 0. The van der Waals surface area contributed by atoms with Crippen LogP contribution in [-0.4, -0.2) is 48.9 Å². The van der Waals surface area contributed by atoms with Crippen LogP contribution in [0.3, 0.4) is 0 Å². The van der Waals surface area contributed by atoms with Crippen molar-refractivity contribution in [2.75, 3.05) is 28.4 Å². The first kappa shape index (κ1) is 25.6. The Morgan fingerprint density at radius 3 is 1.15 bits per heavy atom. The summed E-state index contributed by atoms with van der Waals surface area (Å²) in [5.41, 5.74) is 7.92. The molecule has 8 heteroatoms. The molecule has 0 radical (unpaired) electrons. The third kappa shape index (κ3) is 3.66. The maximum atomic E-state index is 11.3. The average Bonchev–Trinajstić information content (AvgIpc) is 2.95. The number of fused-ring (bicyclic) bond motifs is 6. The highest BCUT2D eigenvalue weighted by Gasteiger charge is 2.33. The fraction of sp³-hybridized carbons (Fsp3) is 0.250. The Balaban J connectivity index is 1.69. The lowest BCUT2D eigenvalue weighted by molar-refractivity contribution is 0.373. The zero-order valence-corrected chi connectivity index (χ0v) is 22.7. The highest BCUT2D eigenvalue weighted by Crippen LogP contribution is 2.56. The van der Waals surface area contributed by atoms with Crippen LogP contribution >= 0.6 is 0 Å². The first-order valence-corrected chi connectivity index (χ1v) is 13.0. The molecule has 0 unspecified atom stereocenters. The Kier molecular flexibility index (Phi) is 6.06. The monoisotopic (exact) mass is 542 g/mol. The number of rotatable bonds is 5. The molecule has 2 aliphatic rings. The number of hydrogen-bond donors (Lipinski definition) is 4. The molecule has 8 nitrogen and oxygen atoms in total. The molecule has 0 fully saturated rings. The normalized spacial score (nSPS) is 13.0. The van der Waals surface area contributed by atoms with Crippen LogP contribution in [-0.2, 0) is 25.7 Å². The predicted octanol–water partition coefficient (Wildman–Crippen LogP) is 5.74. The largest absolute Gasteiger partial charge is 0.507 e. The Hall–Kier alpha value is -4.72. The van der Waals surface area contributed by atoms with Gasteiger partial charge in [-0.05, 0) is 83.3 Å². The SMILES string of the molecule is COc1cc2c(cc1O)CCc1c-2c(O)cc(OC)c1-c1c(OC)cc(O)c2c1CCc1cc(O)c(OC)cc1-2. The van der Waals surface area contributed by atoms with E-state index in [4.69, 9.17) is 18.9 Å². The van der Waals surface area contributed by atoms with Gasteiger partial charge in [-0.1, -0.05) is 0 Å². The molecular weight excluding hydrogens is 512 g/mol. The first-order chi connectivity index (χ1) is 19.3. The van der Waals surface area contributed by atoms with Gasteiger partial charge in [-0.2, -0.15) is 0 Å². The minimum atomic E-state index is 0.0485. The second-order valence-corrected chi connectivity index (χ2v) is 10.0. The van der Waals surface area contributed by atoms with Crippen LogP contribution in [0, 0.1) is 0 Å². The molecule has 2 aliphatic carbocycles. The molecule has 0 spiro atoms. The van der Waals surface area contributed by atoms with Gasteiger partial charge in [-0.25, -0.2) is 0 Å². The van der Waals surface area contributed by atoms with E-state index in [-0.39, 0.29) is 23.0 Å². The van der Waals surface area contributed by atoms with E-state index in [2.05, 4.69) is 0 Å². The van der Waals surface area contributed by atoms with Crippen molar-refractivity contribution in [2.24, 2.45) is 0 Å². The Morgan fingerprint density at radius 2 is 0.800 bits per heavy atom. The molecule has 206 valence electrons. The number of phenolic OH excluding ortho intramolecular Hbond substituents is 4. The highest BCUT2D eigenvalue weighted by molar-refractivity contribution is 5.96. The van der Waals surface area contributed by atoms with Gasteiger partial charge in [0.1, 0.15) is 23.0 Å². The molecule has 40 heavy (non-hydrogen) atoms. The van der Waals surface area contributed by atoms with E-state index >= 15 is 0 Å². The molecule has 0 heterocycles. The van der Waals surface area contributed by atoms with Crippen LogP contribution in [0.1, 0.15) is 22.3 Å². The quantitative estimate of drug-likeness (QED) is 0.252. The molecular formula is C32H30O8. The minimum absolute atomic E-state index is 0.0485. The zero-order chi connectivity index (χ0) is 28.3. The third-order valence-corrected chi connectivity index (χ3v) is 8.07. The van der Waals surface area contributed by atoms with Crippen LogP contribution in [0.4, 0.5) is 0 Å². The van der Waals surface area contributed by atoms with Gasteiger partial charge in [0.2, 0.25) is 0 Å². The molecule has 0 saturated heterocycles. The highest BCUT2D eigenvalue weighted by atomic mass is 16.5.